The highest BCUT2D eigenvalue weighted by Gasteiger charge is 2.18. The third kappa shape index (κ3) is 6.85. The Hall–Kier alpha value is 0.170. The molecule has 0 aromatic heterocycles. The lowest BCUT2D eigenvalue weighted by Gasteiger charge is -2.15. The number of halogens is 1. The lowest BCUT2D eigenvalue weighted by molar-refractivity contribution is -0.121. The van der Waals surface area contributed by atoms with Crippen molar-refractivity contribution in [3.63, 3.8) is 0 Å². The first kappa shape index (κ1) is 12.2. The van der Waals surface area contributed by atoms with E-state index in [2.05, 4.69) is 15.9 Å². The van der Waals surface area contributed by atoms with Crippen molar-refractivity contribution in [3.8, 4) is 0 Å². The van der Waals surface area contributed by atoms with E-state index in [4.69, 9.17) is 0 Å². The molecular weight excluding hydrogens is 240 g/mol. The van der Waals surface area contributed by atoms with Crippen molar-refractivity contribution in [1.29, 1.82) is 0 Å². The maximum absolute atomic E-state index is 11.1. The Morgan fingerprint density at radius 3 is 2.17 bits per heavy atom. The second kappa shape index (κ2) is 5.02. The predicted molar refractivity (Wildman–Crippen MR) is 55.8 cm³/mol. The summed E-state index contributed by atoms with van der Waals surface area (Å²) in [5.74, 6) is -0.0586. The van der Waals surface area contributed by atoms with Crippen LogP contribution < -0.4 is 0 Å². The molecule has 0 saturated carbocycles. The van der Waals surface area contributed by atoms with Gasteiger partial charge in [0, 0.05) is 4.75 Å². The number of thioether (sulfide) groups is 1. The molecule has 0 aliphatic heterocycles. The molecule has 0 aromatic carbocycles. The number of hydrogen-bond donors (Lipinski definition) is 0. The van der Waals surface area contributed by atoms with Gasteiger partial charge in [-0.25, -0.2) is 0 Å². The van der Waals surface area contributed by atoms with Crippen LogP contribution in [0.4, 0.5) is 0 Å². The molecule has 0 atom stereocenters. The normalized spacial score (nSPS) is 11.3. The fraction of sp³-hybridized carbons (Fsp3) is 0.750. The SMILES string of the molecule is CC(C)(C)SC(=O)CC(=O)CBr. The zero-order valence-corrected chi connectivity index (χ0v) is 9.92. The minimum Gasteiger partial charge on any atom is -0.298 e. The highest BCUT2D eigenvalue weighted by atomic mass is 79.9. The van der Waals surface area contributed by atoms with E-state index in [0.29, 0.717) is 0 Å². The summed E-state index contributed by atoms with van der Waals surface area (Å²) in [7, 11) is 0. The maximum atomic E-state index is 11.1. The molecular formula is C8H13BrO2S. The predicted octanol–water partition coefficient (Wildman–Crippen LogP) is 2.40. The van der Waals surface area contributed by atoms with Gasteiger partial charge in [0.25, 0.3) is 0 Å². The van der Waals surface area contributed by atoms with Gasteiger partial charge in [0.15, 0.2) is 10.9 Å². The minimum absolute atomic E-state index is 0.0349. The fourth-order valence-corrected chi connectivity index (χ4v) is 1.70. The van der Waals surface area contributed by atoms with Crippen LogP contribution in [-0.2, 0) is 9.59 Å². The first-order chi connectivity index (χ1) is 5.35. The molecule has 0 rings (SSSR count). The molecule has 0 spiro atoms. The number of ketones is 1. The van der Waals surface area contributed by atoms with Crippen molar-refractivity contribution < 1.29 is 9.59 Å². The van der Waals surface area contributed by atoms with Gasteiger partial charge < -0.3 is 0 Å². The minimum atomic E-state index is -0.0936. The summed E-state index contributed by atoms with van der Waals surface area (Å²) in [5.41, 5.74) is 0. The average Bonchev–Trinajstić information content (AvgIpc) is 1.82. The van der Waals surface area contributed by atoms with E-state index >= 15 is 0 Å². The van der Waals surface area contributed by atoms with Crippen LogP contribution in [-0.4, -0.2) is 21.0 Å². The van der Waals surface area contributed by atoms with E-state index in [1.165, 1.54) is 11.8 Å². The smallest absolute Gasteiger partial charge is 0.196 e. The van der Waals surface area contributed by atoms with Crippen molar-refractivity contribution in [3.05, 3.63) is 0 Å². The van der Waals surface area contributed by atoms with Gasteiger partial charge in [-0.15, -0.1) is 0 Å². The summed E-state index contributed by atoms with van der Waals surface area (Å²) in [6.45, 7) is 5.86. The Kier molecular flexibility index (Phi) is 5.09. The van der Waals surface area contributed by atoms with Gasteiger partial charge in [0.2, 0.25) is 0 Å². The zero-order chi connectivity index (χ0) is 9.78. The summed E-state index contributed by atoms with van der Waals surface area (Å²) >= 11 is 4.23. The topological polar surface area (TPSA) is 34.1 Å². The molecule has 2 nitrogen and oxygen atoms in total. The van der Waals surface area contributed by atoms with Gasteiger partial charge in [-0.2, -0.15) is 0 Å². The number of rotatable bonds is 3. The van der Waals surface area contributed by atoms with Crippen LogP contribution in [0.25, 0.3) is 0 Å². The largest absolute Gasteiger partial charge is 0.298 e. The van der Waals surface area contributed by atoms with E-state index in [0.717, 1.165) is 0 Å². The van der Waals surface area contributed by atoms with Gasteiger partial charge in [-0.3, -0.25) is 9.59 Å². The average molecular weight is 253 g/mol. The number of carbonyl (C=O) groups is 2. The molecule has 0 fully saturated rings. The van der Waals surface area contributed by atoms with Crippen LogP contribution >= 0.6 is 27.7 Å². The monoisotopic (exact) mass is 252 g/mol. The van der Waals surface area contributed by atoms with Crippen LogP contribution in [0.3, 0.4) is 0 Å². The lowest BCUT2D eigenvalue weighted by Crippen LogP contribution is -2.14. The van der Waals surface area contributed by atoms with Crippen molar-refractivity contribution in [1.82, 2.24) is 0 Å². The quantitative estimate of drug-likeness (QED) is 0.572. The third-order valence-electron chi connectivity index (χ3n) is 0.911. The van der Waals surface area contributed by atoms with E-state index in [-0.39, 0.29) is 27.4 Å². The van der Waals surface area contributed by atoms with Crippen molar-refractivity contribution in [2.45, 2.75) is 31.9 Å². The van der Waals surface area contributed by atoms with Crippen molar-refractivity contribution >= 4 is 38.6 Å². The molecule has 0 N–H and O–H groups in total. The number of Topliss-reactive ketones (excluding diaryl/α,β-unsaturated/α-hetero) is 1. The standard InChI is InChI=1S/C8H13BrO2S/c1-8(2,3)12-7(11)4-6(10)5-9/h4-5H2,1-3H3. The first-order valence-corrected chi connectivity index (χ1v) is 5.58. The van der Waals surface area contributed by atoms with E-state index in [1.54, 1.807) is 0 Å². The van der Waals surface area contributed by atoms with Crippen LogP contribution in [0.2, 0.25) is 0 Å². The van der Waals surface area contributed by atoms with Crippen molar-refractivity contribution in [2.24, 2.45) is 0 Å². The Bertz CT molecular complexity index is 184. The Balaban J connectivity index is 3.83. The number of alkyl halides is 1. The second-order valence-corrected chi connectivity index (χ2v) is 5.88. The van der Waals surface area contributed by atoms with Gasteiger partial charge in [0.05, 0.1) is 11.8 Å². The maximum Gasteiger partial charge on any atom is 0.196 e. The molecule has 0 aliphatic rings. The van der Waals surface area contributed by atoms with Gasteiger partial charge in [0.1, 0.15) is 0 Å². The summed E-state index contributed by atoms with van der Waals surface area (Å²) < 4.78 is -0.0936. The van der Waals surface area contributed by atoms with Gasteiger partial charge >= 0.3 is 0 Å². The summed E-state index contributed by atoms with van der Waals surface area (Å²) in [6, 6.07) is 0. The zero-order valence-electron chi connectivity index (χ0n) is 7.52. The number of hydrogen-bond acceptors (Lipinski definition) is 3. The highest BCUT2D eigenvalue weighted by Crippen LogP contribution is 2.25. The van der Waals surface area contributed by atoms with E-state index < -0.39 is 0 Å². The highest BCUT2D eigenvalue weighted by molar-refractivity contribution is 9.09. The molecule has 70 valence electrons. The Labute approximate surface area is 85.6 Å². The summed E-state index contributed by atoms with van der Waals surface area (Å²) in [5, 5.41) is 0.218. The number of carbonyl (C=O) groups excluding carboxylic acids is 2. The fourth-order valence-electron chi connectivity index (χ4n) is 0.586. The summed E-state index contributed by atoms with van der Waals surface area (Å²) in [6.07, 6.45) is 0.0349. The second-order valence-electron chi connectivity index (χ2n) is 3.44. The molecule has 0 bridgehead atoms. The van der Waals surface area contributed by atoms with Crippen LogP contribution in [0.1, 0.15) is 27.2 Å². The van der Waals surface area contributed by atoms with Crippen LogP contribution in [0, 0.1) is 0 Å². The Morgan fingerprint density at radius 1 is 1.33 bits per heavy atom. The van der Waals surface area contributed by atoms with Gasteiger partial charge in [-0.1, -0.05) is 48.5 Å². The van der Waals surface area contributed by atoms with Crippen LogP contribution in [0.15, 0.2) is 0 Å². The molecule has 0 aliphatic carbocycles. The third-order valence-corrected chi connectivity index (χ3v) is 2.52. The molecule has 0 saturated heterocycles. The van der Waals surface area contributed by atoms with Crippen molar-refractivity contribution in [2.75, 3.05) is 5.33 Å². The molecule has 12 heavy (non-hydrogen) atoms. The molecule has 0 amide bonds. The first-order valence-electron chi connectivity index (χ1n) is 3.64. The summed E-state index contributed by atoms with van der Waals surface area (Å²) in [4.78, 5) is 22.0. The van der Waals surface area contributed by atoms with Crippen LogP contribution in [0.5, 0.6) is 0 Å². The molecule has 0 radical (unpaired) electrons. The molecule has 0 heterocycles. The van der Waals surface area contributed by atoms with Gasteiger partial charge in [-0.05, 0) is 0 Å². The molecule has 4 heteroatoms. The van der Waals surface area contributed by atoms with E-state index in [9.17, 15) is 9.59 Å². The lowest BCUT2D eigenvalue weighted by atomic mass is 10.3. The Morgan fingerprint density at radius 2 is 1.83 bits per heavy atom. The van der Waals surface area contributed by atoms with E-state index in [1.807, 2.05) is 20.8 Å². The molecule has 0 unspecified atom stereocenters. The molecule has 0 aromatic rings.